The van der Waals surface area contributed by atoms with Gasteiger partial charge < -0.3 is 28.9 Å². The van der Waals surface area contributed by atoms with Crippen molar-refractivity contribution in [1.82, 2.24) is 19.6 Å². The van der Waals surface area contributed by atoms with Gasteiger partial charge in [-0.2, -0.15) is 5.26 Å². The number of piperidine rings is 2. The highest BCUT2D eigenvalue weighted by molar-refractivity contribution is 5.85. The van der Waals surface area contributed by atoms with E-state index in [1.807, 2.05) is 40.1 Å². The molecule has 10 nitrogen and oxygen atoms in total. The summed E-state index contributed by atoms with van der Waals surface area (Å²) in [5, 5.41) is 10.2. The van der Waals surface area contributed by atoms with Crippen molar-refractivity contribution in [2.75, 3.05) is 85.3 Å². The topological polar surface area (TPSA) is 98.6 Å². The lowest BCUT2D eigenvalue weighted by Gasteiger charge is -2.43. The number of amides is 2. The lowest BCUT2D eigenvalue weighted by Crippen LogP contribution is -2.55. The minimum absolute atomic E-state index is 0.00211. The standard InChI is InChI=1S/C32H47N5O5/c33-26-32(10-14-35(15-11-32)24-27-8-20-40-21-9-27)30(38)36-12-6-29(7-13-36)37(17-16-34-18-22-41-23-19-34)31(39)42-25-28-4-2-1-3-5-28/h1-5,27,29H,6-25H2. The van der Waals surface area contributed by atoms with E-state index in [9.17, 15) is 14.9 Å². The number of carbonyl (C=O) groups excluding carboxylic acids is 2. The molecule has 0 spiro atoms. The molecule has 0 saturated carbocycles. The summed E-state index contributed by atoms with van der Waals surface area (Å²) in [7, 11) is 0. The molecule has 4 saturated heterocycles. The SMILES string of the molecule is N#CC1(C(=O)N2CCC(N(CCN3CCOCC3)C(=O)OCc3ccccc3)CC2)CCN(CC2CCOCC2)CC1. The molecule has 2 amide bonds. The fraction of sp³-hybridized carbons (Fsp3) is 0.719. The summed E-state index contributed by atoms with van der Waals surface area (Å²) in [5.74, 6) is 0.620. The lowest BCUT2D eigenvalue weighted by molar-refractivity contribution is -0.143. The minimum atomic E-state index is -0.941. The Morgan fingerprint density at radius 2 is 1.57 bits per heavy atom. The zero-order valence-electron chi connectivity index (χ0n) is 25.0. The van der Waals surface area contributed by atoms with Gasteiger partial charge in [0.05, 0.1) is 19.3 Å². The third kappa shape index (κ3) is 8.01. The predicted octanol–water partition coefficient (Wildman–Crippen LogP) is 2.98. The lowest BCUT2D eigenvalue weighted by atomic mass is 9.77. The normalized spacial score (nSPS) is 22.8. The Bertz CT molecular complexity index is 1040. The highest BCUT2D eigenvalue weighted by Gasteiger charge is 2.45. The van der Waals surface area contributed by atoms with Crippen LogP contribution >= 0.6 is 0 Å². The molecule has 0 unspecified atom stereocenters. The summed E-state index contributed by atoms with van der Waals surface area (Å²) in [6, 6.07) is 12.2. The number of morpholine rings is 1. The second-order valence-electron chi connectivity index (χ2n) is 12.3. The molecule has 4 aliphatic heterocycles. The Hall–Kier alpha value is -2.71. The molecule has 0 aromatic heterocycles. The molecule has 230 valence electrons. The number of carbonyl (C=O) groups is 2. The Morgan fingerprint density at radius 3 is 2.24 bits per heavy atom. The monoisotopic (exact) mass is 581 g/mol. The largest absolute Gasteiger partial charge is 0.445 e. The Morgan fingerprint density at radius 1 is 0.905 bits per heavy atom. The molecule has 0 atom stereocenters. The van der Waals surface area contributed by atoms with Crippen LogP contribution in [0.15, 0.2) is 30.3 Å². The molecule has 4 fully saturated rings. The number of likely N-dealkylation sites (tertiary alicyclic amines) is 2. The number of ether oxygens (including phenoxy) is 3. The summed E-state index contributed by atoms with van der Waals surface area (Å²) in [6.45, 7) is 10.1. The van der Waals surface area contributed by atoms with Crippen molar-refractivity contribution in [3.8, 4) is 6.07 Å². The molecule has 4 aliphatic rings. The third-order valence-electron chi connectivity index (χ3n) is 9.58. The van der Waals surface area contributed by atoms with Gasteiger partial charge in [-0.15, -0.1) is 0 Å². The first-order valence-electron chi connectivity index (χ1n) is 15.8. The van der Waals surface area contributed by atoms with Crippen molar-refractivity contribution in [1.29, 1.82) is 5.26 Å². The average Bonchev–Trinajstić information content (AvgIpc) is 3.06. The van der Waals surface area contributed by atoms with Gasteiger partial charge in [0.1, 0.15) is 12.0 Å². The zero-order chi connectivity index (χ0) is 29.2. The van der Waals surface area contributed by atoms with Gasteiger partial charge in [-0.3, -0.25) is 9.69 Å². The summed E-state index contributed by atoms with van der Waals surface area (Å²) in [5.41, 5.74) is 0.0175. The number of rotatable bonds is 9. The van der Waals surface area contributed by atoms with Gasteiger partial charge in [-0.1, -0.05) is 30.3 Å². The Balaban J connectivity index is 1.14. The molecule has 10 heteroatoms. The van der Waals surface area contributed by atoms with Gasteiger partial charge in [-0.25, -0.2) is 4.79 Å². The summed E-state index contributed by atoms with van der Waals surface area (Å²) in [4.78, 5) is 35.6. The molecule has 0 bridgehead atoms. The predicted molar refractivity (Wildman–Crippen MR) is 157 cm³/mol. The second-order valence-corrected chi connectivity index (χ2v) is 12.3. The van der Waals surface area contributed by atoms with Gasteiger partial charge in [0, 0.05) is 78.2 Å². The van der Waals surface area contributed by atoms with E-state index < -0.39 is 5.41 Å². The molecular weight excluding hydrogens is 534 g/mol. The van der Waals surface area contributed by atoms with Crippen LogP contribution < -0.4 is 0 Å². The van der Waals surface area contributed by atoms with E-state index in [0.717, 1.165) is 70.9 Å². The van der Waals surface area contributed by atoms with Crippen LogP contribution in [0.3, 0.4) is 0 Å². The van der Waals surface area contributed by atoms with Crippen molar-refractivity contribution >= 4 is 12.0 Å². The Kier molecular flexibility index (Phi) is 11.1. The number of hydrogen-bond donors (Lipinski definition) is 0. The zero-order valence-corrected chi connectivity index (χ0v) is 25.0. The van der Waals surface area contributed by atoms with E-state index in [1.165, 1.54) is 0 Å². The minimum Gasteiger partial charge on any atom is -0.445 e. The first-order valence-corrected chi connectivity index (χ1v) is 15.8. The molecule has 1 aromatic rings. The number of nitriles is 1. The van der Waals surface area contributed by atoms with Crippen LogP contribution in [-0.2, 0) is 25.6 Å². The van der Waals surface area contributed by atoms with Crippen LogP contribution in [-0.4, -0.2) is 123 Å². The van der Waals surface area contributed by atoms with E-state index >= 15 is 0 Å². The van der Waals surface area contributed by atoms with Crippen molar-refractivity contribution in [3.63, 3.8) is 0 Å². The maximum atomic E-state index is 13.7. The van der Waals surface area contributed by atoms with Crippen LogP contribution in [0.25, 0.3) is 0 Å². The maximum Gasteiger partial charge on any atom is 0.410 e. The third-order valence-corrected chi connectivity index (χ3v) is 9.58. The van der Waals surface area contributed by atoms with E-state index in [0.29, 0.717) is 64.4 Å². The highest BCUT2D eigenvalue weighted by Crippen LogP contribution is 2.35. The van der Waals surface area contributed by atoms with E-state index in [4.69, 9.17) is 14.2 Å². The van der Waals surface area contributed by atoms with Crippen LogP contribution in [0, 0.1) is 22.7 Å². The van der Waals surface area contributed by atoms with Gasteiger partial charge in [-0.05, 0) is 50.0 Å². The molecule has 5 rings (SSSR count). The molecular formula is C32H47N5O5. The molecule has 0 aliphatic carbocycles. The number of benzene rings is 1. The molecule has 0 N–H and O–H groups in total. The summed E-state index contributed by atoms with van der Waals surface area (Å²) >= 11 is 0. The highest BCUT2D eigenvalue weighted by atomic mass is 16.6. The van der Waals surface area contributed by atoms with E-state index in [2.05, 4.69) is 15.9 Å². The number of hydrogen-bond acceptors (Lipinski definition) is 8. The van der Waals surface area contributed by atoms with Crippen LogP contribution in [0.5, 0.6) is 0 Å². The van der Waals surface area contributed by atoms with Crippen molar-refractivity contribution in [2.45, 2.75) is 51.2 Å². The molecule has 42 heavy (non-hydrogen) atoms. The second kappa shape index (κ2) is 15.1. The van der Waals surface area contributed by atoms with Crippen molar-refractivity contribution < 1.29 is 23.8 Å². The van der Waals surface area contributed by atoms with Crippen molar-refractivity contribution in [2.24, 2.45) is 11.3 Å². The van der Waals surface area contributed by atoms with Crippen molar-refractivity contribution in [3.05, 3.63) is 35.9 Å². The fourth-order valence-electron chi connectivity index (χ4n) is 6.77. The smallest absolute Gasteiger partial charge is 0.410 e. The van der Waals surface area contributed by atoms with Crippen LogP contribution in [0.2, 0.25) is 0 Å². The first kappa shape index (κ1) is 30.7. The quantitative estimate of drug-likeness (QED) is 0.439. The van der Waals surface area contributed by atoms with E-state index in [-0.39, 0.29) is 24.6 Å². The van der Waals surface area contributed by atoms with Gasteiger partial charge in [0.2, 0.25) is 5.91 Å². The van der Waals surface area contributed by atoms with Gasteiger partial charge >= 0.3 is 6.09 Å². The summed E-state index contributed by atoms with van der Waals surface area (Å²) < 4.78 is 16.7. The van der Waals surface area contributed by atoms with E-state index in [1.54, 1.807) is 0 Å². The molecule has 1 aromatic carbocycles. The fourth-order valence-corrected chi connectivity index (χ4v) is 6.77. The molecule has 0 radical (unpaired) electrons. The Labute approximate surface area is 250 Å². The summed E-state index contributed by atoms with van der Waals surface area (Å²) in [6.07, 6.45) is 4.43. The average molecular weight is 582 g/mol. The van der Waals surface area contributed by atoms with Crippen LogP contribution in [0.4, 0.5) is 4.79 Å². The van der Waals surface area contributed by atoms with Crippen LogP contribution in [0.1, 0.15) is 44.1 Å². The number of nitrogens with zero attached hydrogens (tertiary/aromatic N) is 5. The molecule has 4 heterocycles. The first-order chi connectivity index (χ1) is 20.6. The van der Waals surface area contributed by atoms with Gasteiger partial charge in [0.25, 0.3) is 0 Å². The van der Waals surface area contributed by atoms with Gasteiger partial charge in [0.15, 0.2) is 0 Å². The maximum absolute atomic E-state index is 13.7.